The minimum atomic E-state index is -0.232. The molecule has 2 aromatic heterocycles. The van der Waals surface area contributed by atoms with Crippen molar-refractivity contribution in [3.05, 3.63) is 46.5 Å². The quantitative estimate of drug-likeness (QED) is 0.878. The number of carbonyl (C=O) groups is 1. The Bertz CT molecular complexity index is 670. The predicted molar refractivity (Wildman–Crippen MR) is 88.4 cm³/mol. The molecule has 7 heteroatoms. The number of hydrogen-bond donors (Lipinski definition) is 1. The number of halogens is 1. The van der Waals surface area contributed by atoms with E-state index in [4.69, 9.17) is 11.6 Å². The van der Waals surface area contributed by atoms with Crippen molar-refractivity contribution in [3.8, 4) is 0 Å². The summed E-state index contributed by atoms with van der Waals surface area (Å²) in [6, 6.07) is 3.70. The van der Waals surface area contributed by atoms with Crippen molar-refractivity contribution in [3.63, 3.8) is 0 Å². The zero-order chi connectivity index (χ0) is 17.0. The van der Waals surface area contributed by atoms with Gasteiger partial charge in [0, 0.05) is 32.5 Å². The fourth-order valence-electron chi connectivity index (χ4n) is 2.37. The summed E-state index contributed by atoms with van der Waals surface area (Å²) in [5, 5.41) is 14.0. The molecule has 1 N–H and O–H groups in total. The average Bonchev–Trinajstić information content (AvgIpc) is 2.83. The van der Waals surface area contributed by atoms with Crippen molar-refractivity contribution in [2.45, 2.75) is 26.3 Å². The van der Waals surface area contributed by atoms with Crippen LogP contribution in [0.3, 0.4) is 0 Å². The highest BCUT2D eigenvalue weighted by molar-refractivity contribution is 6.33. The number of aromatic nitrogens is 3. The number of nitrogens with zero attached hydrogens (tertiary/aromatic N) is 4. The molecule has 0 unspecified atom stereocenters. The molecule has 0 bridgehead atoms. The lowest BCUT2D eigenvalue weighted by molar-refractivity contribution is 0.0706. The van der Waals surface area contributed by atoms with Crippen LogP contribution in [0.1, 0.15) is 41.4 Å². The Balaban J connectivity index is 2.35. The molecule has 2 rings (SSSR count). The maximum atomic E-state index is 13.0. The molecule has 0 spiro atoms. The van der Waals surface area contributed by atoms with Gasteiger partial charge in [0.2, 0.25) is 0 Å². The molecule has 6 nitrogen and oxygen atoms in total. The Labute approximate surface area is 140 Å². The molecule has 0 saturated carbocycles. The molecule has 124 valence electrons. The fraction of sp³-hybridized carbons (Fsp3) is 0.438. The van der Waals surface area contributed by atoms with Crippen molar-refractivity contribution >= 4 is 17.5 Å². The second kappa shape index (κ2) is 7.57. The fourth-order valence-corrected chi connectivity index (χ4v) is 2.58. The van der Waals surface area contributed by atoms with Crippen LogP contribution >= 0.6 is 11.6 Å². The molecule has 2 heterocycles. The molecule has 0 aliphatic carbocycles. The van der Waals surface area contributed by atoms with Gasteiger partial charge in [-0.1, -0.05) is 31.5 Å². The Hall–Kier alpha value is -1.92. The molecular formula is C16H21ClN4O2. The maximum absolute atomic E-state index is 13.0. The van der Waals surface area contributed by atoms with Crippen LogP contribution in [0.25, 0.3) is 0 Å². The van der Waals surface area contributed by atoms with E-state index in [0.29, 0.717) is 23.0 Å². The highest BCUT2D eigenvalue weighted by Crippen LogP contribution is 2.27. The minimum absolute atomic E-state index is 0.0713. The van der Waals surface area contributed by atoms with Gasteiger partial charge < -0.3 is 10.0 Å². The van der Waals surface area contributed by atoms with Gasteiger partial charge in [-0.15, -0.1) is 0 Å². The maximum Gasteiger partial charge on any atom is 0.259 e. The van der Waals surface area contributed by atoms with Crippen LogP contribution in [-0.4, -0.2) is 43.8 Å². The Kier molecular flexibility index (Phi) is 5.74. The summed E-state index contributed by atoms with van der Waals surface area (Å²) in [6.45, 7) is 4.38. The van der Waals surface area contributed by atoms with Crippen molar-refractivity contribution in [2.75, 3.05) is 13.2 Å². The SMILES string of the molecule is CC(C)c1nn(C)c(Cl)c1C(=O)N(CCO)Cc1cccnc1. The molecule has 0 atom stereocenters. The summed E-state index contributed by atoms with van der Waals surface area (Å²) in [5.74, 6) is -0.160. The van der Waals surface area contributed by atoms with E-state index in [2.05, 4.69) is 10.1 Å². The summed E-state index contributed by atoms with van der Waals surface area (Å²) in [4.78, 5) is 18.6. The second-order valence-corrected chi connectivity index (χ2v) is 6.00. The third-order valence-corrected chi connectivity index (χ3v) is 3.95. The minimum Gasteiger partial charge on any atom is -0.395 e. The van der Waals surface area contributed by atoms with Gasteiger partial charge in [0.1, 0.15) is 5.15 Å². The van der Waals surface area contributed by atoms with Gasteiger partial charge in [-0.2, -0.15) is 5.10 Å². The van der Waals surface area contributed by atoms with Crippen molar-refractivity contribution < 1.29 is 9.90 Å². The third-order valence-electron chi connectivity index (χ3n) is 3.52. The summed E-state index contributed by atoms with van der Waals surface area (Å²) in [6.07, 6.45) is 3.38. The zero-order valence-electron chi connectivity index (χ0n) is 13.5. The van der Waals surface area contributed by atoms with Gasteiger partial charge in [-0.25, -0.2) is 0 Å². The van der Waals surface area contributed by atoms with Gasteiger partial charge in [0.15, 0.2) is 0 Å². The van der Waals surface area contributed by atoms with E-state index in [-0.39, 0.29) is 25.0 Å². The monoisotopic (exact) mass is 336 g/mol. The van der Waals surface area contributed by atoms with Crippen molar-refractivity contribution in [2.24, 2.45) is 7.05 Å². The molecular weight excluding hydrogens is 316 g/mol. The molecule has 0 radical (unpaired) electrons. The van der Waals surface area contributed by atoms with Gasteiger partial charge in [0.25, 0.3) is 5.91 Å². The molecule has 2 aromatic rings. The largest absolute Gasteiger partial charge is 0.395 e. The average molecular weight is 337 g/mol. The molecule has 0 aliphatic heterocycles. The first-order chi connectivity index (χ1) is 11.0. The second-order valence-electron chi connectivity index (χ2n) is 5.64. The molecule has 0 fully saturated rings. The smallest absolute Gasteiger partial charge is 0.259 e. The Morgan fingerprint density at radius 2 is 2.22 bits per heavy atom. The van der Waals surface area contributed by atoms with Gasteiger partial charge >= 0.3 is 0 Å². The van der Waals surface area contributed by atoms with E-state index in [1.54, 1.807) is 24.3 Å². The van der Waals surface area contributed by atoms with Crippen LogP contribution in [-0.2, 0) is 13.6 Å². The number of pyridine rings is 1. The Morgan fingerprint density at radius 3 is 2.78 bits per heavy atom. The summed E-state index contributed by atoms with van der Waals surface area (Å²) >= 11 is 6.28. The lowest BCUT2D eigenvalue weighted by Gasteiger charge is -2.22. The first-order valence-electron chi connectivity index (χ1n) is 7.47. The molecule has 0 aliphatic rings. The van der Waals surface area contributed by atoms with Crippen LogP contribution in [0.5, 0.6) is 0 Å². The summed E-state index contributed by atoms with van der Waals surface area (Å²) in [5.41, 5.74) is 1.96. The van der Waals surface area contributed by atoms with E-state index >= 15 is 0 Å². The van der Waals surface area contributed by atoms with E-state index in [1.807, 2.05) is 26.0 Å². The number of carbonyl (C=O) groups excluding carboxylic acids is 1. The number of rotatable bonds is 6. The van der Waals surface area contributed by atoms with Crippen LogP contribution in [0.4, 0.5) is 0 Å². The number of aryl methyl sites for hydroxylation is 1. The van der Waals surface area contributed by atoms with Gasteiger partial charge in [-0.3, -0.25) is 14.5 Å². The molecule has 0 aromatic carbocycles. The lowest BCUT2D eigenvalue weighted by Crippen LogP contribution is -2.33. The summed E-state index contributed by atoms with van der Waals surface area (Å²) in [7, 11) is 1.71. The van der Waals surface area contributed by atoms with Crippen LogP contribution in [0.2, 0.25) is 5.15 Å². The Morgan fingerprint density at radius 1 is 1.48 bits per heavy atom. The topological polar surface area (TPSA) is 71.2 Å². The normalized spacial score (nSPS) is 11.0. The summed E-state index contributed by atoms with van der Waals surface area (Å²) < 4.78 is 1.51. The van der Waals surface area contributed by atoms with Crippen molar-refractivity contribution in [1.29, 1.82) is 0 Å². The van der Waals surface area contributed by atoms with Crippen LogP contribution < -0.4 is 0 Å². The third kappa shape index (κ3) is 3.89. The highest BCUT2D eigenvalue weighted by atomic mass is 35.5. The number of hydrogen-bond acceptors (Lipinski definition) is 4. The number of aliphatic hydroxyl groups is 1. The lowest BCUT2D eigenvalue weighted by atomic mass is 10.1. The van der Waals surface area contributed by atoms with E-state index < -0.39 is 0 Å². The van der Waals surface area contributed by atoms with Crippen LogP contribution in [0, 0.1) is 0 Å². The number of amides is 1. The van der Waals surface area contributed by atoms with E-state index in [9.17, 15) is 9.90 Å². The number of aliphatic hydroxyl groups excluding tert-OH is 1. The first kappa shape index (κ1) is 17.4. The highest BCUT2D eigenvalue weighted by Gasteiger charge is 2.27. The molecule has 23 heavy (non-hydrogen) atoms. The molecule has 0 saturated heterocycles. The van der Waals surface area contributed by atoms with Crippen molar-refractivity contribution in [1.82, 2.24) is 19.7 Å². The zero-order valence-corrected chi connectivity index (χ0v) is 14.3. The predicted octanol–water partition coefficient (Wildman–Crippen LogP) is 2.23. The van der Waals surface area contributed by atoms with Gasteiger partial charge in [0.05, 0.1) is 17.9 Å². The molecule has 1 amide bonds. The standard InChI is InChI=1S/C16H21ClN4O2/c1-11(2)14-13(15(17)20(3)19-14)16(23)21(7-8-22)10-12-5-4-6-18-9-12/h4-6,9,11,22H,7-8,10H2,1-3H3. The first-order valence-corrected chi connectivity index (χ1v) is 7.85. The van der Waals surface area contributed by atoms with E-state index in [0.717, 1.165) is 5.56 Å². The van der Waals surface area contributed by atoms with Crippen LogP contribution in [0.15, 0.2) is 24.5 Å². The van der Waals surface area contributed by atoms with E-state index in [1.165, 1.54) is 4.68 Å². The van der Waals surface area contributed by atoms with Gasteiger partial charge in [-0.05, 0) is 17.5 Å².